The molecule has 0 spiro atoms. The number of carbonyl (C=O) groups is 4. The van der Waals surface area contributed by atoms with Gasteiger partial charge in [0.1, 0.15) is 19.3 Å². The maximum atomic E-state index is 13.1. The van der Waals surface area contributed by atoms with E-state index in [0.29, 0.717) is 38.5 Å². The molecule has 0 bridgehead atoms. The Labute approximate surface area is 630 Å². The highest BCUT2D eigenvalue weighted by molar-refractivity contribution is 7.47. The molecule has 0 aromatic rings. The summed E-state index contributed by atoms with van der Waals surface area (Å²) in [6.07, 6.45) is 86.9. The van der Waals surface area contributed by atoms with Crippen LogP contribution in [0.2, 0.25) is 0 Å². The molecule has 0 saturated heterocycles. The Morgan fingerprint density at radius 3 is 0.846 bits per heavy atom. The highest BCUT2D eigenvalue weighted by Gasteiger charge is 2.30. The van der Waals surface area contributed by atoms with Crippen molar-refractivity contribution < 1.29 is 80.2 Å². The molecule has 5 atom stereocenters. The van der Waals surface area contributed by atoms with E-state index in [1.165, 1.54) is 83.5 Å². The largest absolute Gasteiger partial charge is 0.472 e. The summed E-state index contributed by atoms with van der Waals surface area (Å²) < 4.78 is 68.5. The third-order valence-electron chi connectivity index (χ3n) is 16.3. The Kier molecular flexibility index (Phi) is 72.4. The Bertz CT molecular complexity index is 2540. The van der Waals surface area contributed by atoms with Gasteiger partial charge in [-0.1, -0.05) is 270 Å². The van der Waals surface area contributed by atoms with Gasteiger partial charge in [-0.15, -0.1) is 0 Å². The van der Waals surface area contributed by atoms with E-state index in [1.54, 1.807) is 0 Å². The van der Waals surface area contributed by atoms with Crippen LogP contribution in [-0.4, -0.2) is 96.7 Å². The van der Waals surface area contributed by atoms with Crippen LogP contribution in [0.5, 0.6) is 0 Å². The van der Waals surface area contributed by atoms with Crippen LogP contribution in [-0.2, 0) is 65.4 Å². The summed E-state index contributed by atoms with van der Waals surface area (Å²) in [5, 5.41) is 10.6. The number of phosphoric ester groups is 2. The van der Waals surface area contributed by atoms with Crippen molar-refractivity contribution >= 4 is 39.5 Å². The zero-order valence-electron chi connectivity index (χ0n) is 64.9. The van der Waals surface area contributed by atoms with E-state index in [9.17, 15) is 43.2 Å². The second-order valence-corrected chi connectivity index (χ2v) is 29.2. The number of carbonyl (C=O) groups excluding carboxylic acids is 4. The number of ether oxygens (including phenoxy) is 4. The van der Waals surface area contributed by atoms with Gasteiger partial charge in [-0.3, -0.25) is 37.3 Å². The van der Waals surface area contributed by atoms with E-state index in [1.807, 2.05) is 24.3 Å². The lowest BCUT2D eigenvalue weighted by atomic mass is 10.1. The molecule has 0 aromatic heterocycles. The molecule has 0 aliphatic rings. The third kappa shape index (κ3) is 75.2. The van der Waals surface area contributed by atoms with Crippen molar-refractivity contribution in [2.24, 2.45) is 0 Å². The number of unbranched alkanes of at least 4 members (excludes halogenated alkanes) is 25. The van der Waals surface area contributed by atoms with Crippen molar-refractivity contribution in [3.63, 3.8) is 0 Å². The quantitative estimate of drug-likeness (QED) is 0.0128. The molecule has 0 aromatic carbocycles. The smallest absolute Gasteiger partial charge is 0.462 e. The van der Waals surface area contributed by atoms with E-state index in [2.05, 4.69) is 149 Å². The predicted molar refractivity (Wildman–Crippen MR) is 427 cm³/mol. The third-order valence-corrected chi connectivity index (χ3v) is 18.2. The fourth-order valence-corrected chi connectivity index (χ4v) is 11.7. The van der Waals surface area contributed by atoms with Gasteiger partial charge in [0.05, 0.1) is 26.4 Å². The fraction of sp³-hybridized carbons (Fsp3) is 0.671. The molecule has 594 valence electrons. The van der Waals surface area contributed by atoms with Gasteiger partial charge in [-0.2, -0.15) is 0 Å². The van der Waals surface area contributed by atoms with E-state index >= 15 is 0 Å². The lowest BCUT2D eigenvalue weighted by molar-refractivity contribution is -0.161. The molecule has 0 amide bonds. The van der Waals surface area contributed by atoms with Gasteiger partial charge in [0, 0.05) is 25.7 Å². The first-order valence-electron chi connectivity index (χ1n) is 40.1. The van der Waals surface area contributed by atoms with E-state index < -0.39 is 97.5 Å². The molecule has 0 fully saturated rings. The number of phosphoric acid groups is 2. The second kappa shape index (κ2) is 76.1. The second-order valence-electron chi connectivity index (χ2n) is 26.3. The van der Waals surface area contributed by atoms with Crippen LogP contribution in [0.1, 0.15) is 310 Å². The zero-order valence-corrected chi connectivity index (χ0v) is 66.7. The lowest BCUT2D eigenvalue weighted by Crippen LogP contribution is -2.30. The molecule has 19 heteroatoms. The summed E-state index contributed by atoms with van der Waals surface area (Å²) in [5.41, 5.74) is 0. The van der Waals surface area contributed by atoms with Gasteiger partial charge in [0.2, 0.25) is 0 Å². The Morgan fingerprint density at radius 2 is 0.510 bits per heavy atom. The van der Waals surface area contributed by atoms with E-state index in [4.69, 9.17) is 37.0 Å². The summed E-state index contributed by atoms with van der Waals surface area (Å²) in [7, 11) is -10.0. The summed E-state index contributed by atoms with van der Waals surface area (Å²) in [6, 6.07) is 0. The number of allylic oxidation sites excluding steroid dienone is 24. The minimum atomic E-state index is -5.01. The van der Waals surface area contributed by atoms with Crippen molar-refractivity contribution in [1.82, 2.24) is 0 Å². The molecule has 2 unspecified atom stereocenters. The molecule has 0 aliphatic heterocycles. The van der Waals surface area contributed by atoms with Crippen molar-refractivity contribution in [1.29, 1.82) is 0 Å². The summed E-state index contributed by atoms with van der Waals surface area (Å²) in [6.45, 7) is 4.61. The van der Waals surface area contributed by atoms with E-state index in [-0.39, 0.29) is 25.7 Å². The molecule has 0 aliphatic carbocycles. The lowest BCUT2D eigenvalue weighted by Gasteiger charge is -2.21. The number of aliphatic hydroxyl groups excluding tert-OH is 1. The van der Waals surface area contributed by atoms with Gasteiger partial charge >= 0.3 is 39.5 Å². The summed E-state index contributed by atoms with van der Waals surface area (Å²) >= 11 is 0. The molecule has 17 nitrogen and oxygen atoms in total. The van der Waals surface area contributed by atoms with Crippen LogP contribution < -0.4 is 0 Å². The molecule has 104 heavy (non-hydrogen) atoms. The Hall–Kier alpha value is -5.06. The number of hydrogen-bond donors (Lipinski definition) is 3. The van der Waals surface area contributed by atoms with Gasteiger partial charge in [0.25, 0.3) is 0 Å². The van der Waals surface area contributed by atoms with Crippen LogP contribution in [0.15, 0.2) is 146 Å². The number of rotatable bonds is 74. The fourth-order valence-electron chi connectivity index (χ4n) is 10.1. The van der Waals surface area contributed by atoms with Gasteiger partial charge in [-0.25, -0.2) is 9.13 Å². The van der Waals surface area contributed by atoms with Crippen molar-refractivity contribution in [2.45, 2.75) is 329 Å². The maximum Gasteiger partial charge on any atom is 0.472 e. The summed E-state index contributed by atoms with van der Waals surface area (Å²) in [5.74, 6) is -2.34. The van der Waals surface area contributed by atoms with Crippen LogP contribution >= 0.6 is 15.6 Å². The average Bonchev–Trinajstić information content (AvgIpc) is 0.926. The molecular weight excluding hydrogens is 1350 g/mol. The topological polar surface area (TPSA) is 237 Å². The van der Waals surface area contributed by atoms with E-state index in [0.717, 1.165) is 135 Å². The van der Waals surface area contributed by atoms with Crippen LogP contribution in [0, 0.1) is 0 Å². The molecule has 0 radical (unpaired) electrons. The molecule has 0 heterocycles. The number of hydrogen-bond acceptors (Lipinski definition) is 15. The minimum Gasteiger partial charge on any atom is -0.462 e. The minimum absolute atomic E-state index is 0.00279. The predicted octanol–water partition coefficient (Wildman–Crippen LogP) is 23.4. The normalized spacial score (nSPS) is 14.6. The monoisotopic (exact) mass is 1500 g/mol. The first-order valence-corrected chi connectivity index (χ1v) is 43.1. The Balaban J connectivity index is 5.50. The van der Waals surface area contributed by atoms with Crippen LogP contribution in [0.25, 0.3) is 0 Å². The highest BCUT2D eigenvalue weighted by atomic mass is 31.2. The van der Waals surface area contributed by atoms with Crippen molar-refractivity contribution in [2.75, 3.05) is 39.6 Å². The first kappa shape index (κ1) is 98.9. The SMILES string of the molecule is CCCCC/C=C\C/C=C\C/C=C\C/C=C\CCCC(=O)OC[C@H](COP(=O)(O)OC[C@H](O)COP(=O)(O)OC[C@@H](COC(=O)CCCCCCC/C=C\C/C=C\CCCCC)OC(=O)CCCCCCC/C=C\C=C/CCCCCC)OC(=O)CCC/C=C\C/C=C\C/C=C\C/C=C\CCCCC. The zero-order chi connectivity index (χ0) is 76.0. The molecule has 3 N–H and O–H groups in total. The summed E-state index contributed by atoms with van der Waals surface area (Å²) in [4.78, 5) is 73.0. The first-order chi connectivity index (χ1) is 50.7. The van der Waals surface area contributed by atoms with Gasteiger partial charge in [0.15, 0.2) is 12.2 Å². The maximum absolute atomic E-state index is 13.1. The van der Waals surface area contributed by atoms with Crippen molar-refractivity contribution in [3.8, 4) is 0 Å². The Morgan fingerprint density at radius 1 is 0.279 bits per heavy atom. The number of esters is 4. The highest BCUT2D eigenvalue weighted by Crippen LogP contribution is 2.45. The molecule has 0 rings (SSSR count). The molecule has 0 saturated carbocycles. The van der Waals surface area contributed by atoms with Crippen molar-refractivity contribution in [3.05, 3.63) is 146 Å². The number of aliphatic hydroxyl groups is 1. The van der Waals surface area contributed by atoms with Crippen LogP contribution in [0.4, 0.5) is 0 Å². The van der Waals surface area contributed by atoms with Crippen LogP contribution in [0.3, 0.4) is 0 Å². The van der Waals surface area contributed by atoms with Gasteiger partial charge in [-0.05, 0) is 161 Å². The average molecular weight is 1500 g/mol. The standard InChI is InChI=1S/C85H142O17P2/c1-5-9-13-17-21-25-29-33-37-39-43-46-50-54-58-62-66-70-83(88)96-76-81(102-85(90)72-68-64-60-56-52-48-44-40-38-34-30-26-22-18-14-10-6-2)78-100-104(93,94)98-74-79(86)73-97-103(91,92)99-77-80(101-84(89)71-67-63-59-55-51-47-42-36-32-28-24-20-16-12-8-4)75-95-82(87)69-65-61-57-53-49-45-41-35-31-27-23-19-15-11-7-3/h21-23,25-28,32-38,41-44,46,48,54,56,58,60,79-81,86H,5-20,24,29-31,39-40,45,47,49-53,55,57,59,61-78H2,1-4H3,(H,91,92)(H,93,94)/b25-21-,26-22-,27-23-,32-28-,37-33-,38-34-,41-35-,42-36-,46-43-,48-44-,58-54-,60-56-/t79-,80-,81-/m1/s1. The molecular formula is C85H142O17P2. The van der Waals surface area contributed by atoms with Gasteiger partial charge < -0.3 is 33.8 Å².